The Morgan fingerprint density at radius 3 is 2.05 bits per heavy atom. The fraction of sp³-hybridized carbons (Fsp3) is 0.100. The molecule has 3 heterocycles. The number of furan rings is 1. The van der Waals surface area contributed by atoms with Gasteiger partial charge in [-0.2, -0.15) is 0 Å². The van der Waals surface area contributed by atoms with Crippen molar-refractivity contribution < 1.29 is 24.5 Å². The fourth-order valence-electron chi connectivity index (χ4n) is 5.42. The summed E-state index contributed by atoms with van der Waals surface area (Å²) in [6, 6.07) is 45.9. The van der Waals surface area contributed by atoms with Gasteiger partial charge in [0.15, 0.2) is 0 Å². The van der Waals surface area contributed by atoms with Crippen molar-refractivity contribution in [2.45, 2.75) is 26.2 Å². The van der Waals surface area contributed by atoms with Crippen LogP contribution in [0.25, 0.3) is 66.0 Å². The number of fused-ring (bicyclic) bond motifs is 6. The van der Waals surface area contributed by atoms with Crippen LogP contribution in [0.3, 0.4) is 0 Å². The molecule has 0 aliphatic heterocycles. The number of nitrogens with zero attached hydrogens (tertiary/aromatic N) is 2. The zero-order valence-electron chi connectivity index (χ0n) is 24.8. The number of para-hydroxylation sites is 1. The molecule has 0 spiro atoms. The van der Waals surface area contributed by atoms with Crippen LogP contribution in [-0.2, 0) is 25.5 Å². The Morgan fingerprint density at radius 1 is 0.568 bits per heavy atom. The van der Waals surface area contributed by atoms with Crippen molar-refractivity contribution in [3.8, 4) is 22.5 Å². The quantitative estimate of drug-likeness (QED) is 0.131. The second-order valence-corrected chi connectivity index (χ2v) is 11.8. The molecular formula is C40H30IrN2O-2. The van der Waals surface area contributed by atoms with Crippen LogP contribution in [0.4, 0.5) is 0 Å². The minimum atomic E-state index is 0. The molecule has 0 fully saturated rings. The average Bonchev–Trinajstić information content (AvgIpc) is 3.43. The first-order valence-electron chi connectivity index (χ1n) is 14.5. The number of pyridine rings is 2. The number of benzene rings is 5. The first-order valence-corrected chi connectivity index (χ1v) is 14.5. The van der Waals surface area contributed by atoms with Crippen LogP contribution >= 0.6 is 0 Å². The molecule has 3 nitrogen and oxygen atoms in total. The van der Waals surface area contributed by atoms with Gasteiger partial charge in [0.05, 0.1) is 5.58 Å². The molecule has 1 radical (unpaired) electrons. The molecule has 0 atom stereocenters. The molecule has 5 aromatic carbocycles. The largest absolute Gasteiger partial charge is 0.476 e. The molecule has 8 aromatic rings. The van der Waals surface area contributed by atoms with E-state index in [4.69, 9.17) is 4.42 Å². The van der Waals surface area contributed by atoms with Gasteiger partial charge in [-0.15, -0.1) is 41.5 Å². The summed E-state index contributed by atoms with van der Waals surface area (Å²) < 4.78 is 5.94. The van der Waals surface area contributed by atoms with Crippen molar-refractivity contribution in [1.82, 2.24) is 9.97 Å². The first-order chi connectivity index (χ1) is 20.9. The summed E-state index contributed by atoms with van der Waals surface area (Å²) in [5.74, 6) is 0. The van der Waals surface area contributed by atoms with Gasteiger partial charge in [0, 0.05) is 32.5 Å². The predicted molar refractivity (Wildman–Crippen MR) is 178 cm³/mol. The zero-order valence-corrected chi connectivity index (χ0v) is 27.2. The van der Waals surface area contributed by atoms with Gasteiger partial charge in [-0.1, -0.05) is 122 Å². The zero-order chi connectivity index (χ0) is 29.4. The van der Waals surface area contributed by atoms with E-state index in [1.807, 2.05) is 67.0 Å². The second-order valence-electron chi connectivity index (χ2n) is 11.8. The van der Waals surface area contributed by atoms with Crippen LogP contribution in [0.2, 0.25) is 0 Å². The summed E-state index contributed by atoms with van der Waals surface area (Å²) in [6.45, 7) is 6.57. The van der Waals surface area contributed by atoms with Gasteiger partial charge in [0.25, 0.3) is 0 Å². The van der Waals surface area contributed by atoms with Crippen LogP contribution in [0.5, 0.6) is 0 Å². The van der Waals surface area contributed by atoms with Gasteiger partial charge in [0.2, 0.25) is 0 Å². The molecule has 0 saturated carbocycles. The molecule has 44 heavy (non-hydrogen) atoms. The molecule has 8 rings (SSSR count). The van der Waals surface area contributed by atoms with Crippen LogP contribution in [0.1, 0.15) is 26.3 Å². The molecule has 3 aromatic heterocycles. The van der Waals surface area contributed by atoms with Crippen molar-refractivity contribution in [1.29, 1.82) is 0 Å². The van der Waals surface area contributed by atoms with Gasteiger partial charge in [-0.05, 0) is 50.7 Å². The van der Waals surface area contributed by atoms with Gasteiger partial charge in [-0.25, -0.2) is 0 Å². The molecule has 0 bridgehead atoms. The summed E-state index contributed by atoms with van der Waals surface area (Å²) in [5.41, 5.74) is 6.99. The van der Waals surface area contributed by atoms with Crippen LogP contribution in [0, 0.1) is 12.1 Å². The average molecular weight is 747 g/mol. The summed E-state index contributed by atoms with van der Waals surface area (Å²) >= 11 is 0. The molecule has 0 aliphatic rings. The molecule has 0 N–H and O–H groups in total. The summed E-state index contributed by atoms with van der Waals surface area (Å²) in [6.07, 6.45) is 3.77. The van der Waals surface area contributed by atoms with E-state index in [1.54, 1.807) is 0 Å². The van der Waals surface area contributed by atoms with Gasteiger partial charge >= 0.3 is 0 Å². The third-order valence-electron chi connectivity index (χ3n) is 7.83. The maximum atomic E-state index is 5.94. The molecule has 0 aliphatic carbocycles. The van der Waals surface area contributed by atoms with Crippen molar-refractivity contribution in [3.05, 3.63) is 145 Å². The molecule has 217 valence electrons. The van der Waals surface area contributed by atoms with Crippen molar-refractivity contribution >= 4 is 43.5 Å². The fourth-order valence-corrected chi connectivity index (χ4v) is 5.42. The van der Waals surface area contributed by atoms with E-state index < -0.39 is 0 Å². The summed E-state index contributed by atoms with van der Waals surface area (Å²) in [5, 5.41) is 7.22. The van der Waals surface area contributed by atoms with Gasteiger partial charge in [0.1, 0.15) is 5.58 Å². The van der Waals surface area contributed by atoms with Crippen LogP contribution < -0.4 is 0 Å². The van der Waals surface area contributed by atoms with E-state index in [-0.39, 0.29) is 25.5 Å². The van der Waals surface area contributed by atoms with E-state index >= 15 is 0 Å². The SMILES string of the molecule is CC(C)(C)c1ccc(-c2[c-]cc3c(c2)oc2ccccc23)nc1.[Ir].[c-]1cc2ccc3ccccc3c2cc1-c1ccccn1. The minimum absolute atomic E-state index is 0. The van der Waals surface area contributed by atoms with Crippen molar-refractivity contribution in [3.63, 3.8) is 0 Å². The molecule has 0 unspecified atom stereocenters. The Kier molecular flexibility index (Phi) is 8.14. The van der Waals surface area contributed by atoms with Gasteiger partial charge < -0.3 is 14.4 Å². The maximum absolute atomic E-state index is 5.94. The summed E-state index contributed by atoms with van der Waals surface area (Å²) in [4.78, 5) is 9.01. The Hall–Kier alpha value is -4.63. The van der Waals surface area contributed by atoms with Crippen molar-refractivity contribution in [2.24, 2.45) is 0 Å². The van der Waals surface area contributed by atoms with E-state index in [1.165, 1.54) is 27.1 Å². The van der Waals surface area contributed by atoms with Crippen LogP contribution in [-0.4, -0.2) is 9.97 Å². The topological polar surface area (TPSA) is 38.9 Å². The van der Waals surface area contributed by atoms with Crippen LogP contribution in [0.15, 0.2) is 132 Å². The Bertz CT molecular complexity index is 2210. The normalized spacial score (nSPS) is 11.3. The Balaban J connectivity index is 0.000000154. The third-order valence-corrected chi connectivity index (χ3v) is 7.83. The number of rotatable bonds is 2. The van der Waals surface area contributed by atoms with E-state index in [0.29, 0.717) is 0 Å². The maximum Gasteiger partial charge on any atom is 0.123 e. The number of hydrogen-bond donors (Lipinski definition) is 0. The monoisotopic (exact) mass is 747 g/mol. The molecule has 0 amide bonds. The third kappa shape index (κ3) is 5.79. The van der Waals surface area contributed by atoms with E-state index in [0.717, 1.165) is 44.5 Å². The molecule has 0 saturated heterocycles. The summed E-state index contributed by atoms with van der Waals surface area (Å²) in [7, 11) is 0. The van der Waals surface area contributed by atoms with E-state index in [9.17, 15) is 0 Å². The predicted octanol–water partition coefficient (Wildman–Crippen LogP) is 10.6. The number of hydrogen-bond acceptors (Lipinski definition) is 3. The standard InChI is InChI=1S/C21H18NO.C19H12N.Ir/c1-21(2,3)15-9-11-18(22-13-15)14-8-10-17-16-6-4-5-7-19(16)23-20(17)12-14;1-2-6-17-14(5-1)8-9-15-10-11-16(13-18(15)17)19-7-3-4-12-20-19;/h4-7,9-13H,1-3H3;1-10,12-13H;/q2*-1;. The smallest absolute Gasteiger partial charge is 0.123 e. The molecular weight excluding hydrogens is 717 g/mol. The van der Waals surface area contributed by atoms with Crippen molar-refractivity contribution in [2.75, 3.05) is 0 Å². The van der Waals surface area contributed by atoms with Gasteiger partial charge in [-0.3, -0.25) is 0 Å². The Morgan fingerprint density at radius 2 is 1.27 bits per heavy atom. The van der Waals surface area contributed by atoms with E-state index in [2.05, 4.69) is 104 Å². The molecule has 4 heteroatoms. The Labute approximate surface area is 271 Å². The first kappa shape index (κ1) is 29.4. The number of aromatic nitrogens is 2. The minimum Gasteiger partial charge on any atom is -0.476 e. The second kappa shape index (κ2) is 12.2.